The van der Waals surface area contributed by atoms with E-state index in [1.165, 1.54) is 36.7 Å². The lowest BCUT2D eigenvalue weighted by Gasteiger charge is -2.14. The second-order valence-electron chi connectivity index (χ2n) is 6.28. The summed E-state index contributed by atoms with van der Waals surface area (Å²) < 4.78 is 27.2. The SMILES string of the molecule is O=CC(Cc1ccccc1)NC(=O)c1cccc(NS(=O)(=O)c2cccnc2)c1. The molecule has 8 heteroatoms. The van der Waals surface area contributed by atoms with Gasteiger partial charge >= 0.3 is 0 Å². The molecule has 1 aromatic heterocycles. The Hall–Kier alpha value is -3.52. The van der Waals surface area contributed by atoms with Crippen LogP contribution in [-0.4, -0.2) is 31.6 Å². The average Bonchev–Trinajstić information content (AvgIpc) is 2.74. The van der Waals surface area contributed by atoms with E-state index in [0.717, 1.165) is 5.56 Å². The minimum Gasteiger partial charge on any atom is -0.342 e. The number of hydrogen-bond donors (Lipinski definition) is 2. The molecule has 29 heavy (non-hydrogen) atoms. The molecule has 1 atom stereocenters. The third-order valence-corrected chi connectivity index (χ3v) is 5.47. The molecule has 2 N–H and O–H groups in total. The number of pyridine rings is 1. The Balaban J connectivity index is 1.71. The zero-order valence-corrected chi connectivity index (χ0v) is 16.2. The lowest BCUT2D eigenvalue weighted by Crippen LogP contribution is -2.37. The van der Waals surface area contributed by atoms with E-state index in [0.29, 0.717) is 12.7 Å². The number of aldehydes is 1. The maximum Gasteiger partial charge on any atom is 0.263 e. The van der Waals surface area contributed by atoms with Crippen LogP contribution in [0.5, 0.6) is 0 Å². The molecule has 7 nitrogen and oxygen atoms in total. The van der Waals surface area contributed by atoms with Gasteiger partial charge < -0.3 is 10.1 Å². The number of carbonyl (C=O) groups is 2. The zero-order chi connectivity index (χ0) is 20.7. The van der Waals surface area contributed by atoms with E-state index >= 15 is 0 Å². The first kappa shape index (κ1) is 20.2. The van der Waals surface area contributed by atoms with Crippen LogP contribution < -0.4 is 10.0 Å². The standard InChI is InChI=1S/C21H19N3O4S/c25-15-19(12-16-6-2-1-3-7-16)23-21(26)17-8-4-9-18(13-17)24-29(27,28)20-10-5-11-22-14-20/h1-11,13-15,19,24H,12H2,(H,23,26). The molecule has 1 amide bonds. The molecule has 1 unspecified atom stereocenters. The van der Waals surface area contributed by atoms with Crippen LogP contribution in [0.2, 0.25) is 0 Å². The second kappa shape index (κ2) is 9.11. The topological polar surface area (TPSA) is 105 Å². The van der Waals surface area contributed by atoms with Crippen molar-refractivity contribution in [3.8, 4) is 0 Å². The van der Waals surface area contributed by atoms with Gasteiger partial charge in [-0.2, -0.15) is 0 Å². The lowest BCUT2D eigenvalue weighted by molar-refractivity contribution is -0.109. The van der Waals surface area contributed by atoms with E-state index in [9.17, 15) is 18.0 Å². The number of nitrogens with one attached hydrogen (secondary N) is 2. The van der Waals surface area contributed by atoms with Gasteiger partial charge in [-0.05, 0) is 42.3 Å². The van der Waals surface area contributed by atoms with E-state index in [2.05, 4.69) is 15.0 Å². The maximum absolute atomic E-state index is 12.5. The van der Waals surface area contributed by atoms with Gasteiger partial charge in [-0.1, -0.05) is 36.4 Å². The Kier molecular flexibility index (Phi) is 6.36. The van der Waals surface area contributed by atoms with Gasteiger partial charge in [0.1, 0.15) is 11.2 Å². The molecule has 2 aromatic carbocycles. The van der Waals surface area contributed by atoms with Crippen molar-refractivity contribution < 1.29 is 18.0 Å². The first-order chi connectivity index (χ1) is 14.0. The first-order valence-electron chi connectivity index (χ1n) is 8.81. The number of rotatable bonds is 8. The number of carbonyl (C=O) groups excluding carboxylic acids is 2. The summed E-state index contributed by atoms with van der Waals surface area (Å²) >= 11 is 0. The molecule has 3 aromatic rings. The predicted molar refractivity (Wildman–Crippen MR) is 109 cm³/mol. The van der Waals surface area contributed by atoms with Crippen molar-refractivity contribution in [3.63, 3.8) is 0 Å². The smallest absolute Gasteiger partial charge is 0.263 e. The van der Waals surface area contributed by atoms with E-state index in [4.69, 9.17) is 0 Å². The lowest BCUT2D eigenvalue weighted by atomic mass is 10.1. The summed E-state index contributed by atoms with van der Waals surface area (Å²) in [5.41, 5.74) is 1.38. The third-order valence-electron chi connectivity index (χ3n) is 4.10. The van der Waals surface area contributed by atoms with Crippen LogP contribution in [0.25, 0.3) is 0 Å². The highest BCUT2D eigenvalue weighted by atomic mass is 32.2. The average molecular weight is 409 g/mol. The number of anilines is 1. The van der Waals surface area contributed by atoms with E-state index in [1.807, 2.05) is 30.3 Å². The number of hydrogen-bond acceptors (Lipinski definition) is 5. The van der Waals surface area contributed by atoms with Gasteiger partial charge in [0.2, 0.25) is 0 Å². The molecule has 0 saturated heterocycles. The highest BCUT2D eigenvalue weighted by molar-refractivity contribution is 7.92. The van der Waals surface area contributed by atoms with Crippen LogP contribution in [0.4, 0.5) is 5.69 Å². The first-order valence-corrected chi connectivity index (χ1v) is 10.3. The van der Waals surface area contributed by atoms with Gasteiger partial charge in [0.25, 0.3) is 15.9 Å². The molecular weight excluding hydrogens is 390 g/mol. The number of aromatic nitrogens is 1. The van der Waals surface area contributed by atoms with E-state index < -0.39 is 22.0 Å². The fourth-order valence-electron chi connectivity index (χ4n) is 2.70. The number of nitrogens with zero attached hydrogens (tertiary/aromatic N) is 1. The summed E-state index contributed by atoms with van der Waals surface area (Å²) in [6.45, 7) is 0. The Morgan fingerprint density at radius 3 is 2.52 bits per heavy atom. The minimum absolute atomic E-state index is 0.0127. The zero-order valence-electron chi connectivity index (χ0n) is 15.4. The van der Waals surface area contributed by atoms with Crippen LogP contribution in [0, 0.1) is 0 Å². The number of sulfonamides is 1. The molecule has 0 bridgehead atoms. The second-order valence-corrected chi connectivity index (χ2v) is 7.96. The van der Waals surface area contributed by atoms with Crippen molar-refractivity contribution in [1.82, 2.24) is 10.3 Å². The van der Waals surface area contributed by atoms with Crippen molar-refractivity contribution in [2.45, 2.75) is 17.4 Å². The number of amides is 1. The normalized spacial score (nSPS) is 12.0. The van der Waals surface area contributed by atoms with Gasteiger partial charge in [-0.15, -0.1) is 0 Å². The summed E-state index contributed by atoms with van der Waals surface area (Å²) in [6.07, 6.45) is 3.75. The third kappa shape index (κ3) is 5.49. The fourth-order valence-corrected chi connectivity index (χ4v) is 3.71. The van der Waals surface area contributed by atoms with Gasteiger partial charge in [0.05, 0.1) is 6.04 Å². The maximum atomic E-state index is 12.5. The van der Waals surface area contributed by atoms with Crippen LogP contribution in [0.3, 0.4) is 0 Å². The summed E-state index contributed by atoms with van der Waals surface area (Å²) in [5.74, 6) is -0.472. The summed E-state index contributed by atoms with van der Waals surface area (Å²) in [5, 5.41) is 2.66. The molecule has 0 aliphatic heterocycles. The molecule has 0 fully saturated rings. The molecule has 0 aliphatic rings. The Morgan fingerprint density at radius 2 is 1.83 bits per heavy atom. The monoisotopic (exact) mass is 409 g/mol. The molecule has 3 rings (SSSR count). The van der Waals surface area contributed by atoms with E-state index in [-0.39, 0.29) is 16.1 Å². The summed E-state index contributed by atoms with van der Waals surface area (Å²) in [7, 11) is -3.82. The summed E-state index contributed by atoms with van der Waals surface area (Å²) in [4.78, 5) is 27.7. The van der Waals surface area contributed by atoms with Crippen LogP contribution >= 0.6 is 0 Å². The van der Waals surface area contributed by atoms with Crippen molar-refractivity contribution in [1.29, 1.82) is 0 Å². The van der Waals surface area contributed by atoms with Crippen molar-refractivity contribution in [3.05, 3.63) is 90.3 Å². The van der Waals surface area contributed by atoms with E-state index in [1.54, 1.807) is 12.1 Å². The Morgan fingerprint density at radius 1 is 1.03 bits per heavy atom. The largest absolute Gasteiger partial charge is 0.342 e. The molecule has 0 spiro atoms. The van der Waals surface area contributed by atoms with Crippen molar-refractivity contribution in [2.75, 3.05) is 4.72 Å². The van der Waals surface area contributed by atoms with Gasteiger partial charge in [0.15, 0.2) is 0 Å². The van der Waals surface area contributed by atoms with Gasteiger partial charge in [-0.3, -0.25) is 14.5 Å². The fraction of sp³-hybridized carbons (Fsp3) is 0.0952. The van der Waals surface area contributed by atoms with Crippen molar-refractivity contribution >= 4 is 27.9 Å². The molecule has 1 heterocycles. The number of benzene rings is 2. The Labute approximate surface area is 168 Å². The van der Waals surface area contributed by atoms with Crippen molar-refractivity contribution in [2.24, 2.45) is 0 Å². The van der Waals surface area contributed by atoms with Crippen LogP contribution in [-0.2, 0) is 21.2 Å². The quantitative estimate of drug-likeness (QED) is 0.556. The van der Waals surface area contributed by atoms with Crippen LogP contribution in [0.1, 0.15) is 15.9 Å². The highest BCUT2D eigenvalue weighted by Crippen LogP contribution is 2.17. The predicted octanol–water partition coefficient (Wildman–Crippen LogP) is 2.42. The Bertz CT molecular complexity index is 1090. The van der Waals surface area contributed by atoms with Gasteiger partial charge in [0, 0.05) is 23.6 Å². The molecular formula is C21H19N3O4S. The molecule has 148 valence electrons. The minimum atomic E-state index is -3.82. The molecule has 0 saturated carbocycles. The molecule has 0 radical (unpaired) electrons. The van der Waals surface area contributed by atoms with Gasteiger partial charge in [-0.25, -0.2) is 8.42 Å². The highest BCUT2D eigenvalue weighted by Gasteiger charge is 2.17. The summed E-state index contributed by atoms with van der Waals surface area (Å²) in [6, 6.07) is 17.6. The van der Waals surface area contributed by atoms with Crippen LogP contribution in [0.15, 0.2) is 84.0 Å². The molecule has 0 aliphatic carbocycles.